The van der Waals surface area contributed by atoms with Gasteiger partial charge >= 0.3 is 0 Å². The molecule has 0 N–H and O–H groups in total. The molecule has 0 aliphatic rings. The quantitative estimate of drug-likeness (QED) is 0.108. The summed E-state index contributed by atoms with van der Waals surface area (Å²) in [5.41, 5.74) is 26.2. The minimum atomic E-state index is 0. The van der Waals surface area contributed by atoms with Crippen LogP contribution in [0.4, 0.5) is 0 Å². The monoisotopic (exact) mass is 1650 g/mol. The van der Waals surface area contributed by atoms with Crippen molar-refractivity contribution in [2.75, 3.05) is 0 Å². The highest BCUT2D eigenvalue weighted by Crippen LogP contribution is 2.48. The number of fused-ring (bicyclic) bond motifs is 12. The maximum atomic E-state index is 5.15. The minimum absolute atomic E-state index is 0. The van der Waals surface area contributed by atoms with Gasteiger partial charge in [0.2, 0.25) is 0 Å². The first-order valence-corrected chi connectivity index (χ1v) is 43.3. The molecule has 6 heterocycles. The second-order valence-corrected chi connectivity index (χ2v) is 33.3. The van der Waals surface area contributed by atoms with E-state index in [0.29, 0.717) is 34.9 Å². The van der Waals surface area contributed by atoms with Crippen LogP contribution in [0.25, 0.3) is 230 Å². The van der Waals surface area contributed by atoms with E-state index in [1.54, 1.807) is 0 Å². The van der Waals surface area contributed by atoms with E-state index in [1.807, 2.05) is 95.5 Å². The van der Waals surface area contributed by atoms with Gasteiger partial charge in [-0.1, -0.05) is 373 Å². The van der Waals surface area contributed by atoms with Gasteiger partial charge < -0.3 is 9.13 Å². The Hall–Kier alpha value is -16.0. The van der Waals surface area contributed by atoms with E-state index in [9.17, 15) is 0 Å². The van der Waals surface area contributed by atoms with E-state index in [0.717, 1.165) is 94.6 Å². The number of para-hydroxylation sites is 2. The van der Waals surface area contributed by atoms with Crippen molar-refractivity contribution in [1.29, 1.82) is 0 Å². The van der Waals surface area contributed by atoms with Crippen molar-refractivity contribution in [2.45, 2.75) is 14.9 Å². The molecule has 0 aliphatic carbocycles. The number of aromatic nitrogens is 8. The van der Waals surface area contributed by atoms with Crippen LogP contribution in [0.1, 0.15) is 14.9 Å². The number of hydrogen-bond donors (Lipinski definition) is 0. The summed E-state index contributed by atoms with van der Waals surface area (Å²) in [6.07, 6.45) is 0. The fraction of sp³-hybridized carbons (Fsp3) is 0.0172. The number of thiophene rings is 2. The van der Waals surface area contributed by atoms with Crippen LogP contribution >= 0.6 is 22.7 Å². The summed E-state index contributed by atoms with van der Waals surface area (Å²) in [7, 11) is 0. The zero-order valence-corrected chi connectivity index (χ0v) is 68.6. The predicted molar refractivity (Wildman–Crippen MR) is 533 cm³/mol. The number of hydrogen-bond acceptors (Lipinski definition) is 8. The average Bonchev–Trinajstić information content (AvgIpc) is 1.57. The van der Waals surface area contributed by atoms with E-state index in [4.69, 9.17) is 29.9 Å². The third kappa shape index (κ3) is 14.1. The second kappa shape index (κ2) is 33.1. The summed E-state index contributed by atoms with van der Waals surface area (Å²) in [6, 6.07) is 155. The lowest BCUT2D eigenvalue weighted by atomic mass is 9.96. The molecule has 0 amide bonds. The van der Waals surface area contributed by atoms with Gasteiger partial charge in [0.1, 0.15) is 0 Å². The highest BCUT2D eigenvalue weighted by atomic mass is 32.1. The van der Waals surface area contributed by atoms with Crippen molar-refractivity contribution >= 4 is 107 Å². The molecule has 6 aromatic heterocycles. The Morgan fingerprint density at radius 1 is 0.159 bits per heavy atom. The van der Waals surface area contributed by atoms with Crippen LogP contribution in [0.15, 0.2) is 437 Å². The molecular formula is C116H80N8S2. The fourth-order valence-electron chi connectivity index (χ4n) is 17.8. The molecular weight excluding hydrogens is 1570 g/mol. The number of nitrogens with zero attached hydrogens (tertiary/aromatic N) is 8. The Morgan fingerprint density at radius 3 is 0.841 bits per heavy atom. The van der Waals surface area contributed by atoms with Gasteiger partial charge in [-0.15, -0.1) is 22.7 Å². The first-order chi connectivity index (χ1) is 61.5. The molecule has 8 nitrogen and oxygen atoms in total. The molecule has 126 heavy (non-hydrogen) atoms. The Kier molecular flexibility index (Phi) is 20.3. The molecule has 0 radical (unpaired) electrons. The van der Waals surface area contributed by atoms with Crippen LogP contribution in [-0.2, 0) is 0 Å². The lowest BCUT2D eigenvalue weighted by molar-refractivity contribution is 1.07. The third-order valence-electron chi connectivity index (χ3n) is 23.8. The number of rotatable bonds is 14. The maximum Gasteiger partial charge on any atom is 0.164 e. The highest BCUT2D eigenvalue weighted by molar-refractivity contribution is 7.26. The van der Waals surface area contributed by atoms with Crippen LogP contribution in [0, 0.1) is 0 Å². The van der Waals surface area contributed by atoms with E-state index in [2.05, 4.69) is 373 Å². The zero-order chi connectivity index (χ0) is 82.0. The molecule has 0 spiro atoms. The smallest absolute Gasteiger partial charge is 0.164 e. The fourth-order valence-corrected chi connectivity index (χ4v) is 20.3. The van der Waals surface area contributed by atoms with Gasteiger partial charge in [-0.25, -0.2) is 29.9 Å². The lowest BCUT2D eigenvalue weighted by Crippen LogP contribution is -2.02. The van der Waals surface area contributed by atoms with Gasteiger partial charge in [-0.05, 0) is 134 Å². The third-order valence-corrected chi connectivity index (χ3v) is 26.2. The summed E-state index contributed by atoms with van der Waals surface area (Å²) >= 11 is 3.74. The standard InChI is InChI=1S/2C57H36N4S.2CH4/c1-4-16-37(17-5-1)40-22-14-23-41(34-40)49-35-43(57-59-55(38-18-6-2-7-19-38)58-56(60-57)39-20-8-3-9-21-39)31-33-51(49)61-50-28-12-10-24-45(50)46-32-30-42(36-52(46)61)44-26-15-27-48-47-25-11-13-29-53(47)62-54(44)48;1-4-15-37(16-5-1)38-27-29-39(30-28-38)49-35-43(57-59-55(40-17-6-2-7-18-40)58-56(60-57)41-19-8-3-9-20-41)32-34-51(49)61-50-25-12-10-21-45(50)46-33-31-42(36-52(46)61)44-23-14-24-48-47-22-11-13-26-53(47)62-54(44)48;;/h2*1-36H;2*1H4. The second-order valence-electron chi connectivity index (χ2n) is 31.2. The number of benzene rings is 18. The van der Waals surface area contributed by atoms with Crippen molar-refractivity contribution in [3.63, 3.8) is 0 Å². The van der Waals surface area contributed by atoms with Gasteiger partial charge in [0.05, 0.1) is 33.4 Å². The molecule has 0 bridgehead atoms. The van der Waals surface area contributed by atoms with E-state index >= 15 is 0 Å². The first-order valence-electron chi connectivity index (χ1n) is 41.7. The maximum absolute atomic E-state index is 5.15. The average molecular weight is 1650 g/mol. The van der Waals surface area contributed by atoms with Gasteiger partial charge in [0, 0.05) is 106 Å². The van der Waals surface area contributed by atoms with Crippen molar-refractivity contribution in [2.24, 2.45) is 0 Å². The molecule has 10 heteroatoms. The topological polar surface area (TPSA) is 87.2 Å². The van der Waals surface area contributed by atoms with Gasteiger partial charge in [-0.2, -0.15) is 0 Å². The summed E-state index contributed by atoms with van der Waals surface area (Å²) in [6.45, 7) is 0. The molecule has 0 atom stereocenters. The van der Waals surface area contributed by atoms with Gasteiger partial charge in [-0.3, -0.25) is 0 Å². The SMILES string of the molecule is C.C.c1ccc(-c2ccc(-c3cc(-c4nc(-c5ccccc5)nc(-c5ccccc5)n4)ccc3-n3c4ccccc4c4ccc(-c5cccc6c5sc5ccccc56)cc43)cc2)cc1.c1ccc(-c2cccc(-c3cc(-c4nc(-c5ccccc5)nc(-c5ccccc5)n4)ccc3-n3c4ccccc4c4ccc(-c5cccc6c5sc5ccccc56)cc43)c2)cc1. The summed E-state index contributed by atoms with van der Waals surface area (Å²) in [5.74, 6) is 3.77. The Labute approximate surface area is 738 Å². The molecule has 18 aromatic carbocycles. The zero-order valence-electron chi connectivity index (χ0n) is 67.0. The van der Waals surface area contributed by atoms with Crippen LogP contribution in [-0.4, -0.2) is 39.0 Å². The van der Waals surface area contributed by atoms with Crippen molar-refractivity contribution in [3.8, 4) is 146 Å². The van der Waals surface area contributed by atoms with Crippen molar-refractivity contribution in [1.82, 2.24) is 39.0 Å². The van der Waals surface area contributed by atoms with Gasteiger partial charge in [0.25, 0.3) is 0 Å². The molecule has 0 fully saturated rings. The predicted octanol–water partition coefficient (Wildman–Crippen LogP) is 31.9. The molecule has 24 aromatic rings. The molecule has 0 unspecified atom stereocenters. The summed E-state index contributed by atoms with van der Waals surface area (Å²) in [5, 5.41) is 10.0. The van der Waals surface area contributed by atoms with E-state index < -0.39 is 0 Å². The van der Waals surface area contributed by atoms with Crippen molar-refractivity contribution in [3.05, 3.63) is 437 Å². The Bertz CT molecular complexity index is 8090. The lowest BCUT2D eigenvalue weighted by Gasteiger charge is -2.17. The van der Waals surface area contributed by atoms with Crippen LogP contribution in [0.2, 0.25) is 0 Å². The largest absolute Gasteiger partial charge is 0.309 e. The van der Waals surface area contributed by atoms with Gasteiger partial charge in [0.15, 0.2) is 34.9 Å². The minimum Gasteiger partial charge on any atom is -0.309 e. The van der Waals surface area contributed by atoms with Crippen LogP contribution in [0.3, 0.4) is 0 Å². The first kappa shape index (κ1) is 77.4. The van der Waals surface area contributed by atoms with Crippen LogP contribution in [0.5, 0.6) is 0 Å². The Balaban J connectivity index is 0.000000151. The Morgan fingerprint density at radius 2 is 0.429 bits per heavy atom. The molecule has 24 rings (SSSR count). The molecule has 0 saturated heterocycles. The highest BCUT2D eigenvalue weighted by Gasteiger charge is 2.25. The molecule has 596 valence electrons. The van der Waals surface area contributed by atoms with E-state index in [1.165, 1.54) is 101 Å². The summed E-state index contributed by atoms with van der Waals surface area (Å²) in [4.78, 5) is 30.5. The van der Waals surface area contributed by atoms with Crippen LogP contribution < -0.4 is 0 Å². The normalized spacial score (nSPS) is 11.4. The summed E-state index contributed by atoms with van der Waals surface area (Å²) < 4.78 is 10.1. The van der Waals surface area contributed by atoms with E-state index in [-0.39, 0.29) is 14.9 Å². The molecule has 0 aliphatic heterocycles. The van der Waals surface area contributed by atoms with Crippen molar-refractivity contribution < 1.29 is 0 Å². The molecule has 0 saturated carbocycles.